The van der Waals surface area contributed by atoms with Gasteiger partial charge in [0.05, 0.1) is 39.5 Å². The van der Waals surface area contributed by atoms with E-state index < -0.39 is 18.3 Å². The molecule has 0 spiro atoms. The second-order valence-corrected chi connectivity index (χ2v) is 8.75. The van der Waals surface area contributed by atoms with Crippen molar-refractivity contribution < 1.29 is 32.7 Å². The molecule has 1 unspecified atom stereocenters. The molecule has 176 valence electrons. The molecule has 0 amide bonds. The lowest BCUT2D eigenvalue weighted by molar-refractivity contribution is -0.385. The maximum Gasteiger partial charge on any atom is 0.357 e. The Morgan fingerprint density at radius 1 is 1.00 bits per heavy atom. The molecule has 2 aromatic rings. The van der Waals surface area contributed by atoms with E-state index in [9.17, 15) is 14.7 Å². The highest BCUT2D eigenvalue weighted by Crippen LogP contribution is 2.62. The largest absolute Gasteiger partial charge is 0.493 e. The van der Waals surface area contributed by atoms with Crippen LogP contribution < -0.4 is 19.5 Å². The number of aryl methyl sites for hydroxylation is 1. The van der Waals surface area contributed by atoms with Crippen molar-refractivity contribution in [2.75, 3.05) is 39.9 Å². The first-order valence-electron chi connectivity index (χ1n) is 9.94. The summed E-state index contributed by atoms with van der Waals surface area (Å²) in [4.78, 5) is 10.9. The molecular formula is C21H29N2O8P. The van der Waals surface area contributed by atoms with Gasteiger partial charge in [0.1, 0.15) is 0 Å². The third-order valence-electron chi connectivity index (χ3n) is 4.65. The topological polar surface area (TPSA) is 118 Å². The van der Waals surface area contributed by atoms with E-state index >= 15 is 0 Å². The number of benzene rings is 2. The fourth-order valence-electron chi connectivity index (χ4n) is 3.20. The number of rotatable bonds is 12. The van der Waals surface area contributed by atoms with Crippen molar-refractivity contribution in [3.63, 3.8) is 0 Å². The van der Waals surface area contributed by atoms with Crippen LogP contribution in [0.3, 0.4) is 0 Å². The second-order valence-electron chi connectivity index (χ2n) is 6.64. The van der Waals surface area contributed by atoms with Crippen molar-refractivity contribution >= 4 is 19.0 Å². The third-order valence-corrected chi connectivity index (χ3v) is 6.94. The Kier molecular flexibility index (Phi) is 8.89. The van der Waals surface area contributed by atoms with Crippen LogP contribution in [0.1, 0.15) is 30.8 Å². The molecular weight excluding hydrogens is 439 g/mol. The first kappa shape index (κ1) is 25.5. The number of hydrogen-bond donors (Lipinski definition) is 1. The summed E-state index contributed by atoms with van der Waals surface area (Å²) in [6.07, 6.45) is 0. The SMILES string of the molecule is CCOP(=O)(OCC)C(Nc1ccc(C)c([N+](=O)[O-])c1)c1cc(OC)c(OC)c(OC)c1. The Labute approximate surface area is 187 Å². The highest BCUT2D eigenvalue weighted by Gasteiger charge is 2.38. The van der Waals surface area contributed by atoms with E-state index in [1.165, 1.54) is 27.4 Å². The number of nitrogens with one attached hydrogen (secondary N) is 1. The molecule has 0 aliphatic carbocycles. The zero-order valence-corrected chi connectivity index (χ0v) is 19.9. The normalized spacial score (nSPS) is 12.2. The summed E-state index contributed by atoms with van der Waals surface area (Å²) in [6, 6.07) is 7.91. The van der Waals surface area contributed by atoms with E-state index in [-0.39, 0.29) is 18.9 Å². The molecule has 0 fully saturated rings. The summed E-state index contributed by atoms with van der Waals surface area (Å²) in [5, 5.41) is 14.5. The summed E-state index contributed by atoms with van der Waals surface area (Å²) in [5.41, 5.74) is 1.28. The van der Waals surface area contributed by atoms with Crippen LogP contribution in [0.2, 0.25) is 0 Å². The zero-order chi connectivity index (χ0) is 23.9. The molecule has 0 heterocycles. The van der Waals surface area contributed by atoms with E-state index in [1.807, 2.05) is 0 Å². The molecule has 0 bridgehead atoms. The van der Waals surface area contributed by atoms with E-state index in [4.69, 9.17) is 23.3 Å². The Bertz CT molecular complexity index is 963. The highest BCUT2D eigenvalue weighted by atomic mass is 31.2. The van der Waals surface area contributed by atoms with Crippen molar-refractivity contribution in [1.82, 2.24) is 0 Å². The van der Waals surface area contributed by atoms with Crippen molar-refractivity contribution in [3.8, 4) is 17.2 Å². The van der Waals surface area contributed by atoms with Gasteiger partial charge in [0, 0.05) is 17.3 Å². The average molecular weight is 468 g/mol. The van der Waals surface area contributed by atoms with Crippen molar-refractivity contribution in [1.29, 1.82) is 0 Å². The average Bonchev–Trinajstić information content (AvgIpc) is 2.77. The van der Waals surface area contributed by atoms with E-state index in [1.54, 1.807) is 45.0 Å². The predicted molar refractivity (Wildman–Crippen MR) is 121 cm³/mol. The fourth-order valence-corrected chi connectivity index (χ4v) is 5.12. The van der Waals surface area contributed by atoms with Gasteiger partial charge < -0.3 is 28.6 Å². The second kappa shape index (κ2) is 11.2. The number of methoxy groups -OCH3 is 3. The van der Waals surface area contributed by atoms with Gasteiger partial charge in [-0.2, -0.15) is 0 Å². The maximum absolute atomic E-state index is 13.8. The lowest BCUT2D eigenvalue weighted by atomic mass is 10.1. The fraction of sp³-hybridized carbons (Fsp3) is 0.429. The summed E-state index contributed by atoms with van der Waals surface area (Å²) in [6.45, 7) is 5.31. The summed E-state index contributed by atoms with van der Waals surface area (Å²) in [5.74, 6) is 0.0516. The van der Waals surface area contributed by atoms with Crippen LogP contribution in [0.5, 0.6) is 17.2 Å². The van der Waals surface area contributed by atoms with E-state index in [0.29, 0.717) is 34.1 Å². The van der Waals surface area contributed by atoms with Gasteiger partial charge in [-0.15, -0.1) is 0 Å². The molecule has 2 aromatic carbocycles. The molecule has 0 saturated heterocycles. The Balaban J connectivity index is 2.69. The number of hydrogen-bond acceptors (Lipinski definition) is 9. The first-order chi connectivity index (χ1) is 15.2. The van der Waals surface area contributed by atoms with Gasteiger partial charge in [0.25, 0.3) is 5.69 Å². The van der Waals surface area contributed by atoms with Crippen molar-refractivity contribution in [2.24, 2.45) is 0 Å². The molecule has 10 nitrogen and oxygen atoms in total. The minimum Gasteiger partial charge on any atom is -0.493 e. The van der Waals surface area contributed by atoms with Crippen molar-refractivity contribution in [3.05, 3.63) is 51.6 Å². The van der Waals surface area contributed by atoms with Gasteiger partial charge in [-0.05, 0) is 44.5 Å². The lowest BCUT2D eigenvalue weighted by Crippen LogP contribution is -2.16. The number of nitro groups is 1. The number of ether oxygens (including phenoxy) is 3. The Hall–Kier alpha value is -2.81. The Morgan fingerprint density at radius 3 is 2.00 bits per heavy atom. The number of nitrogens with zero attached hydrogens (tertiary/aromatic N) is 1. The molecule has 0 aliphatic rings. The van der Waals surface area contributed by atoms with Gasteiger partial charge in [-0.25, -0.2) is 0 Å². The van der Waals surface area contributed by atoms with Gasteiger partial charge in [0.2, 0.25) is 5.75 Å². The summed E-state index contributed by atoms with van der Waals surface area (Å²) < 4.78 is 41.2. The standard InChI is InChI=1S/C21H29N2O8P/c1-7-30-32(26,31-8-2)21(22-16-10-9-14(3)17(13-16)23(24)25)15-11-18(27-4)20(29-6)19(12-15)28-5/h9-13,21-22H,7-8H2,1-6H3. The molecule has 1 atom stereocenters. The van der Waals surface area contributed by atoms with Gasteiger partial charge >= 0.3 is 7.60 Å². The molecule has 32 heavy (non-hydrogen) atoms. The quantitative estimate of drug-likeness (QED) is 0.251. The molecule has 0 saturated carbocycles. The third kappa shape index (κ3) is 5.51. The molecule has 0 radical (unpaired) electrons. The summed E-state index contributed by atoms with van der Waals surface area (Å²) >= 11 is 0. The molecule has 2 rings (SSSR count). The minimum absolute atomic E-state index is 0.0682. The van der Waals surface area contributed by atoms with Crippen molar-refractivity contribution in [2.45, 2.75) is 26.6 Å². The molecule has 0 aromatic heterocycles. The lowest BCUT2D eigenvalue weighted by Gasteiger charge is -2.29. The molecule has 11 heteroatoms. The Morgan fingerprint density at radius 2 is 1.56 bits per heavy atom. The molecule has 0 aliphatic heterocycles. The van der Waals surface area contributed by atoms with Crippen LogP contribution in [0.4, 0.5) is 11.4 Å². The van der Waals surface area contributed by atoms with Gasteiger partial charge in [-0.3, -0.25) is 14.7 Å². The number of anilines is 1. The highest BCUT2D eigenvalue weighted by molar-refractivity contribution is 7.54. The van der Waals surface area contributed by atoms with Crippen LogP contribution in [-0.4, -0.2) is 39.5 Å². The number of nitro benzene ring substituents is 1. The minimum atomic E-state index is -3.78. The van der Waals surface area contributed by atoms with Crippen LogP contribution in [0.15, 0.2) is 30.3 Å². The predicted octanol–water partition coefficient (Wildman–Crippen LogP) is 5.31. The first-order valence-corrected chi connectivity index (χ1v) is 11.6. The van der Waals surface area contributed by atoms with Crippen LogP contribution >= 0.6 is 7.60 Å². The maximum atomic E-state index is 13.8. The molecule has 1 N–H and O–H groups in total. The smallest absolute Gasteiger partial charge is 0.357 e. The van der Waals surface area contributed by atoms with Gasteiger partial charge in [-0.1, -0.05) is 6.07 Å². The van der Waals surface area contributed by atoms with Crippen LogP contribution in [0.25, 0.3) is 0 Å². The van der Waals surface area contributed by atoms with Crippen LogP contribution in [-0.2, 0) is 13.6 Å². The van der Waals surface area contributed by atoms with E-state index in [0.717, 1.165) is 0 Å². The van der Waals surface area contributed by atoms with E-state index in [2.05, 4.69) is 5.32 Å². The monoisotopic (exact) mass is 468 g/mol. The van der Waals surface area contributed by atoms with Crippen LogP contribution in [0, 0.1) is 17.0 Å². The van der Waals surface area contributed by atoms with Gasteiger partial charge in [0.15, 0.2) is 17.3 Å². The summed E-state index contributed by atoms with van der Waals surface area (Å²) in [7, 11) is 0.634. The zero-order valence-electron chi connectivity index (χ0n) is 19.0.